The first-order valence-electron chi connectivity index (χ1n) is 9.20. The fourth-order valence-electron chi connectivity index (χ4n) is 3.46. The number of aromatic nitrogens is 1. The van der Waals surface area contributed by atoms with Crippen molar-refractivity contribution in [3.05, 3.63) is 47.8 Å². The predicted octanol–water partition coefficient (Wildman–Crippen LogP) is 2.62. The van der Waals surface area contributed by atoms with E-state index in [1.165, 1.54) is 29.9 Å². The Hall–Kier alpha value is -2.86. The van der Waals surface area contributed by atoms with Crippen molar-refractivity contribution in [2.24, 2.45) is 7.05 Å². The number of anilines is 1. The van der Waals surface area contributed by atoms with Gasteiger partial charge in [0.2, 0.25) is 15.9 Å². The summed E-state index contributed by atoms with van der Waals surface area (Å²) in [6, 6.07) is 4.41. The molecule has 1 aliphatic rings. The van der Waals surface area contributed by atoms with Crippen molar-refractivity contribution in [1.82, 2.24) is 8.87 Å². The predicted molar refractivity (Wildman–Crippen MR) is 104 cm³/mol. The number of para-hydroxylation sites is 1. The van der Waals surface area contributed by atoms with Crippen molar-refractivity contribution < 1.29 is 35.9 Å². The van der Waals surface area contributed by atoms with E-state index in [0.29, 0.717) is 6.42 Å². The third kappa shape index (κ3) is 4.44. The quantitative estimate of drug-likeness (QED) is 0.694. The van der Waals surface area contributed by atoms with Crippen molar-refractivity contribution in [3.8, 4) is 0 Å². The number of alkyl halides is 3. The van der Waals surface area contributed by atoms with Gasteiger partial charge < -0.3 is 14.6 Å². The van der Waals surface area contributed by atoms with Crippen molar-refractivity contribution in [3.63, 3.8) is 0 Å². The fraction of sp³-hybridized carbons (Fsp3) is 0.368. The number of rotatable bonds is 5. The summed E-state index contributed by atoms with van der Waals surface area (Å²) in [7, 11) is -1.56. The Labute approximate surface area is 176 Å². The van der Waals surface area contributed by atoms with Crippen LogP contribution in [0.15, 0.2) is 41.4 Å². The normalized spacial score (nSPS) is 17.5. The second-order valence-electron chi connectivity index (χ2n) is 6.97. The molecule has 0 saturated carbocycles. The largest absolute Gasteiger partial charge is 0.464 e. The molecule has 1 aliphatic heterocycles. The van der Waals surface area contributed by atoms with E-state index < -0.39 is 45.4 Å². The average molecular weight is 459 g/mol. The molecular formula is C19H20F3N3O5S. The highest BCUT2D eigenvalue weighted by Crippen LogP contribution is 2.35. The number of amides is 1. The Morgan fingerprint density at radius 1 is 1.23 bits per heavy atom. The van der Waals surface area contributed by atoms with Crippen LogP contribution in [0, 0.1) is 0 Å². The van der Waals surface area contributed by atoms with E-state index in [0.717, 1.165) is 29.6 Å². The van der Waals surface area contributed by atoms with Gasteiger partial charge in [0.05, 0.1) is 18.4 Å². The number of benzene rings is 1. The molecular weight excluding hydrogens is 439 g/mol. The van der Waals surface area contributed by atoms with Crippen LogP contribution in [0.3, 0.4) is 0 Å². The summed E-state index contributed by atoms with van der Waals surface area (Å²) in [5.74, 6) is -1.59. The second-order valence-corrected chi connectivity index (χ2v) is 8.86. The summed E-state index contributed by atoms with van der Waals surface area (Å²) in [5.41, 5.74) is -1.47. The van der Waals surface area contributed by atoms with Gasteiger partial charge in [0.25, 0.3) is 0 Å². The van der Waals surface area contributed by atoms with Crippen LogP contribution in [0.25, 0.3) is 0 Å². The number of esters is 1. The van der Waals surface area contributed by atoms with E-state index in [2.05, 4.69) is 10.1 Å². The minimum Gasteiger partial charge on any atom is -0.464 e. The van der Waals surface area contributed by atoms with Crippen LogP contribution in [0.2, 0.25) is 0 Å². The molecule has 1 aromatic carbocycles. The monoisotopic (exact) mass is 459 g/mol. The number of aryl methyl sites for hydroxylation is 1. The lowest BCUT2D eigenvalue weighted by atomic mass is 10.1. The number of sulfonamides is 1. The van der Waals surface area contributed by atoms with Crippen LogP contribution in [0.5, 0.6) is 0 Å². The Balaban J connectivity index is 1.88. The molecule has 8 nitrogen and oxygen atoms in total. The van der Waals surface area contributed by atoms with Crippen LogP contribution >= 0.6 is 0 Å². The van der Waals surface area contributed by atoms with Crippen molar-refractivity contribution in [1.29, 1.82) is 0 Å². The molecule has 0 unspecified atom stereocenters. The van der Waals surface area contributed by atoms with Gasteiger partial charge in [-0.25, -0.2) is 13.2 Å². The maximum Gasteiger partial charge on any atom is 0.418 e. The van der Waals surface area contributed by atoms with E-state index in [1.807, 2.05) is 0 Å². The van der Waals surface area contributed by atoms with Gasteiger partial charge in [-0.05, 0) is 31.0 Å². The third-order valence-electron chi connectivity index (χ3n) is 4.98. The highest BCUT2D eigenvalue weighted by molar-refractivity contribution is 7.89. The van der Waals surface area contributed by atoms with Crippen molar-refractivity contribution in [2.75, 3.05) is 19.0 Å². The Morgan fingerprint density at radius 2 is 1.90 bits per heavy atom. The number of ether oxygens (including phenoxy) is 1. The first-order valence-corrected chi connectivity index (χ1v) is 10.6. The molecule has 0 spiro atoms. The van der Waals surface area contributed by atoms with E-state index in [-0.39, 0.29) is 23.6 Å². The number of hydrogen-bond donors (Lipinski definition) is 1. The molecule has 1 atom stereocenters. The summed E-state index contributed by atoms with van der Waals surface area (Å²) in [5, 5.41) is 2.21. The highest BCUT2D eigenvalue weighted by atomic mass is 32.2. The lowest BCUT2D eigenvalue weighted by Gasteiger charge is -2.23. The number of carbonyl (C=O) groups excluding carboxylic acids is 2. The molecule has 1 aromatic heterocycles. The summed E-state index contributed by atoms with van der Waals surface area (Å²) in [6.45, 7) is 0.0176. The minimum atomic E-state index is -4.68. The first kappa shape index (κ1) is 22.8. The number of hydrogen-bond acceptors (Lipinski definition) is 5. The van der Waals surface area contributed by atoms with Gasteiger partial charge >= 0.3 is 12.1 Å². The van der Waals surface area contributed by atoms with E-state index >= 15 is 0 Å². The van der Waals surface area contributed by atoms with Crippen LogP contribution < -0.4 is 5.32 Å². The molecule has 1 amide bonds. The molecule has 31 heavy (non-hydrogen) atoms. The number of nitrogens with one attached hydrogen (secondary N) is 1. The molecule has 1 fully saturated rings. The zero-order chi connectivity index (χ0) is 23.0. The zero-order valence-electron chi connectivity index (χ0n) is 16.6. The van der Waals surface area contributed by atoms with E-state index in [1.54, 1.807) is 0 Å². The number of nitrogens with zero attached hydrogens (tertiary/aromatic N) is 2. The van der Waals surface area contributed by atoms with E-state index in [4.69, 9.17) is 0 Å². The maximum absolute atomic E-state index is 13.2. The lowest BCUT2D eigenvalue weighted by molar-refractivity contribution is -0.137. The number of carbonyl (C=O) groups is 2. The summed E-state index contributed by atoms with van der Waals surface area (Å²) >= 11 is 0. The van der Waals surface area contributed by atoms with Gasteiger partial charge in [-0.3, -0.25) is 4.79 Å². The molecule has 2 heterocycles. The van der Waals surface area contributed by atoms with Gasteiger partial charge in [-0.2, -0.15) is 17.5 Å². The topological polar surface area (TPSA) is 97.7 Å². The maximum atomic E-state index is 13.2. The molecule has 1 N–H and O–H groups in total. The number of methoxy groups -OCH3 is 1. The zero-order valence-corrected chi connectivity index (χ0v) is 17.5. The minimum absolute atomic E-state index is 0.000350. The molecule has 0 radical (unpaired) electrons. The van der Waals surface area contributed by atoms with Crippen molar-refractivity contribution in [2.45, 2.75) is 30.0 Å². The smallest absolute Gasteiger partial charge is 0.418 e. The molecule has 2 aromatic rings. The first-order chi connectivity index (χ1) is 14.5. The fourth-order valence-corrected chi connectivity index (χ4v) is 5.19. The Kier molecular flexibility index (Phi) is 6.14. The van der Waals surface area contributed by atoms with Crippen LogP contribution in [0.4, 0.5) is 18.9 Å². The SMILES string of the molecule is COC(=O)c1cc(S(=O)(=O)N2CCC[C@@H]2C(=O)Nc2ccccc2C(F)(F)F)cn1C. The summed E-state index contributed by atoms with van der Waals surface area (Å²) < 4.78 is 72.6. The standard InChI is InChI=1S/C19H20F3N3O5S/c1-24-11-12(10-16(24)18(27)30-2)31(28,29)25-9-5-8-15(25)17(26)23-14-7-4-3-6-13(14)19(20,21)22/h3-4,6-7,10-11,15H,5,8-9H2,1-2H3,(H,23,26)/t15-/m1/s1. The summed E-state index contributed by atoms with van der Waals surface area (Å²) in [6.07, 6.45) is -2.96. The molecule has 0 aliphatic carbocycles. The van der Waals surface area contributed by atoms with Crippen LogP contribution in [-0.2, 0) is 32.8 Å². The van der Waals surface area contributed by atoms with E-state index in [9.17, 15) is 31.2 Å². The highest BCUT2D eigenvalue weighted by Gasteiger charge is 2.41. The van der Waals surface area contributed by atoms with Crippen LogP contribution in [-0.4, -0.2) is 48.9 Å². The average Bonchev–Trinajstić information content (AvgIpc) is 3.34. The number of halogens is 3. The van der Waals surface area contributed by atoms with Gasteiger partial charge in [-0.15, -0.1) is 0 Å². The van der Waals surface area contributed by atoms with Crippen LogP contribution in [0.1, 0.15) is 28.9 Å². The van der Waals surface area contributed by atoms with Gasteiger partial charge in [0.1, 0.15) is 16.6 Å². The summed E-state index contributed by atoms with van der Waals surface area (Å²) in [4.78, 5) is 24.3. The van der Waals surface area contributed by atoms with Gasteiger partial charge in [-0.1, -0.05) is 12.1 Å². The molecule has 1 saturated heterocycles. The molecule has 12 heteroatoms. The Bertz CT molecular complexity index is 1110. The van der Waals surface area contributed by atoms with Gasteiger partial charge in [0.15, 0.2) is 0 Å². The third-order valence-corrected chi connectivity index (χ3v) is 6.85. The van der Waals surface area contributed by atoms with Crippen molar-refractivity contribution >= 4 is 27.6 Å². The molecule has 168 valence electrons. The molecule has 0 bridgehead atoms. The second kappa shape index (κ2) is 8.35. The Morgan fingerprint density at radius 3 is 2.55 bits per heavy atom. The molecule has 3 rings (SSSR count). The lowest BCUT2D eigenvalue weighted by Crippen LogP contribution is -2.43. The van der Waals surface area contributed by atoms with Gasteiger partial charge in [0, 0.05) is 19.8 Å².